The van der Waals surface area contributed by atoms with Gasteiger partial charge in [0, 0.05) is 26.5 Å². The van der Waals surface area contributed by atoms with Gasteiger partial charge in [0.1, 0.15) is 0 Å². The molecule has 4 heteroatoms. The zero-order valence-electron chi connectivity index (χ0n) is 29.5. The number of hydrogen-bond acceptors (Lipinski definition) is 4. The Hall–Kier alpha value is -6.23. The van der Waals surface area contributed by atoms with Crippen molar-refractivity contribution in [3.63, 3.8) is 0 Å². The quantitative estimate of drug-likeness (QED) is 0.158. The first-order chi connectivity index (χ1) is 26.2. The van der Waals surface area contributed by atoms with E-state index in [9.17, 15) is 0 Å². The molecule has 0 bridgehead atoms. The molecule has 0 saturated heterocycles. The third-order valence-corrected chi connectivity index (χ3v) is 11.7. The number of allylic oxidation sites excluding steroid dienone is 6. The highest BCUT2D eigenvalue weighted by molar-refractivity contribution is 7.16. The van der Waals surface area contributed by atoms with Crippen LogP contribution >= 0.6 is 11.3 Å². The second-order valence-corrected chi connectivity index (χ2v) is 14.5. The first-order valence-electron chi connectivity index (χ1n) is 18.2. The van der Waals surface area contributed by atoms with Gasteiger partial charge in [-0.15, -0.1) is 11.3 Å². The van der Waals surface area contributed by atoms with E-state index in [2.05, 4.69) is 159 Å². The Labute approximate surface area is 315 Å². The van der Waals surface area contributed by atoms with Gasteiger partial charge in [0.15, 0.2) is 17.5 Å². The van der Waals surface area contributed by atoms with Crippen LogP contribution in [0.4, 0.5) is 0 Å². The van der Waals surface area contributed by atoms with Gasteiger partial charge in [-0.1, -0.05) is 164 Å². The van der Waals surface area contributed by atoms with Gasteiger partial charge in [-0.3, -0.25) is 0 Å². The topological polar surface area (TPSA) is 38.7 Å². The highest BCUT2D eigenvalue weighted by Gasteiger charge is 2.47. The lowest BCUT2D eigenvalue weighted by Crippen LogP contribution is -2.29. The fourth-order valence-corrected chi connectivity index (χ4v) is 9.23. The summed E-state index contributed by atoms with van der Waals surface area (Å²) in [7, 11) is 0. The van der Waals surface area contributed by atoms with E-state index in [1.54, 1.807) is 0 Å². The van der Waals surface area contributed by atoms with Crippen molar-refractivity contribution in [1.82, 2.24) is 15.0 Å². The van der Waals surface area contributed by atoms with Crippen LogP contribution in [0.2, 0.25) is 0 Å². The van der Waals surface area contributed by atoms with Crippen LogP contribution in [0.1, 0.15) is 51.9 Å². The van der Waals surface area contributed by atoms with Gasteiger partial charge in [-0.05, 0) is 76.4 Å². The predicted octanol–water partition coefficient (Wildman–Crippen LogP) is 12.3. The minimum atomic E-state index is -0.588. The van der Waals surface area contributed by atoms with Crippen molar-refractivity contribution >= 4 is 28.6 Å². The van der Waals surface area contributed by atoms with Crippen LogP contribution in [0.5, 0.6) is 0 Å². The molecule has 0 saturated carbocycles. The van der Waals surface area contributed by atoms with Gasteiger partial charge in [-0.25, -0.2) is 15.0 Å². The smallest absolute Gasteiger partial charge is 0.164 e. The largest absolute Gasteiger partial charge is 0.208 e. The van der Waals surface area contributed by atoms with E-state index in [4.69, 9.17) is 15.0 Å². The van der Waals surface area contributed by atoms with E-state index in [-0.39, 0.29) is 0 Å². The molecular formula is C49H37N3S. The van der Waals surface area contributed by atoms with Gasteiger partial charge in [0.05, 0.1) is 5.41 Å². The Kier molecular flexibility index (Phi) is 8.46. The molecule has 2 aromatic heterocycles. The average Bonchev–Trinajstić information content (AvgIpc) is 3.80. The van der Waals surface area contributed by atoms with Crippen molar-refractivity contribution in [2.75, 3.05) is 0 Å². The Morgan fingerprint density at radius 3 is 1.89 bits per heavy atom. The SMILES string of the molecule is C=CC1=C(/C(=C\C)c2nc(-c3ccccc3)nc(-c3ccc(-c4cc5c(s4)C=CCC5)cc3)n2)c2ccccc2C1(c1ccccc1)c1ccccc1. The summed E-state index contributed by atoms with van der Waals surface area (Å²) in [6.07, 6.45) is 10.9. The highest BCUT2D eigenvalue weighted by Crippen LogP contribution is 2.57. The van der Waals surface area contributed by atoms with Crippen LogP contribution in [0, 0.1) is 0 Å². The van der Waals surface area contributed by atoms with Crippen LogP contribution in [0.3, 0.4) is 0 Å². The zero-order valence-corrected chi connectivity index (χ0v) is 30.4. The number of benzene rings is 5. The first-order valence-corrected chi connectivity index (χ1v) is 19.0. The number of aromatic nitrogens is 3. The van der Waals surface area contributed by atoms with Crippen molar-refractivity contribution in [3.8, 4) is 33.2 Å². The maximum Gasteiger partial charge on any atom is 0.164 e. The van der Waals surface area contributed by atoms with Crippen molar-refractivity contribution < 1.29 is 0 Å². The van der Waals surface area contributed by atoms with Gasteiger partial charge in [-0.2, -0.15) is 0 Å². The third-order valence-electron chi connectivity index (χ3n) is 10.5. The molecule has 0 N–H and O–H groups in total. The standard InChI is InChI=1S/C49H37N3S/c1-3-39(45-40-25-15-16-26-42(40)49(41(45)4-2,37-21-10-6-11-22-37)38-23-12-7-13-24-38)48-51-46(34-18-8-5-9-19-34)50-47(52-48)35-30-28-33(29-31-35)44-32-36-20-14-17-27-43(36)53-44/h3-13,15-19,21-32H,2,14,20H2,1H3/b39-3+. The highest BCUT2D eigenvalue weighted by atomic mass is 32.1. The molecule has 9 rings (SSSR count). The maximum atomic E-state index is 5.27. The molecule has 0 amide bonds. The molecule has 7 aromatic rings. The molecule has 0 aliphatic heterocycles. The summed E-state index contributed by atoms with van der Waals surface area (Å²) in [5, 5.41) is 0. The van der Waals surface area contributed by atoms with Crippen molar-refractivity contribution in [2.24, 2.45) is 0 Å². The summed E-state index contributed by atoms with van der Waals surface area (Å²) in [4.78, 5) is 18.2. The van der Waals surface area contributed by atoms with Crippen LogP contribution in [0.15, 0.2) is 176 Å². The summed E-state index contributed by atoms with van der Waals surface area (Å²) in [6.45, 7) is 6.55. The number of rotatable bonds is 8. The average molecular weight is 700 g/mol. The van der Waals surface area contributed by atoms with Crippen molar-refractivity contribution in [2.45, 2.75) is 25.2 Å². The third kappa shape index (κ3) is 5.54. The number of thiophene rings is 1. The molecule has 0 fully saturated rings. The van der Waals surface area contributed by atoms with Crippen LogP contribution in [0.25, 0.3) is 50.4 Å². The van der Waals surface area contributed by atoms with E-state index >= 15 is 0 Å². The summed E-state index contributed by atoms with van der Waals surface area (Å²) < 4.78 is 0. The van der Waals surface area contributed by atoms with Gasteiger partial charge < -0.3 is 0 Å². The van der Waals surface area contributed by atoms with Gasteiger partial charge in [0.2, 0.25) is 0 Å². The molecule has 0 atom stereocenters. The fraction of sp³-hybridized carbons (Fsp3) is 0.0816. The monoisotopic (exact) mass is 699 g/mol. The van der Waals surface area contributed by atoms with E-state index in [1.807, 2.05) is 35.6 Å². The molecule has 0 radical (unpaired) electrons. The molecular weight excluding hydrogens is 663 g/mol. The second-order valence-electron chi connectivity index (χ2n) is 13.4. The lowest BCUT2D eigenvalue weighted by atomic mass is 9.67. The molecule has 254 valence electrons. The zero-order chi connectivity index (χ0) is 35.8. The fourth-order valence-electron chi connectivity index (χ4n) is 8.08. The van der Waals surface area contributed by atoms with Crippen molar-refractivity contribution in [3.05, 3.63) is 214 Å². The van der Waals surface area contributed by atoms with Crippen LogP contribution in [-0.2, 0) is 11.8 Å². The number of fused-ring (bicyclic) bond motifs is 2. The van der Waals surface area contributed by atoms with Crippen LogP contribution < -0.4 is 0 Å². The van der Waals surface area contributed by atoms with E-state index in [0.717, 1.165) is 46.3 Å². The lowest BCUT2D eigenvalue weighted by molar-refractivity contribution is 0.762. The number of hydrogen-bond donors (Lipinski definition) is 0. The van der Waals surface area contributed by atoms with Gasteiger partial charge >= 0.3 is 0 Å². The molecule has 0 spiro atoms. The second kappa shape index (κ2) is 13.7. The molecule has 2 aliphatic carbocycles. The summed E-state index contributed by atoms with van der Waals surface area (Å²) >= 11 is 1.86. The molecule has 3 nitrogen and oxygen atoms in total. The summed E-state index contributed by atoms with van der Waals surface area (Å²) in [5.41, 5.74) is 11.8. The molecule has 2 aliphatic rings. The number of nitrogens with zero attached hydrogens (tertiary/aromatic N) is 3. The Bertz CT molecular complexity index is 2520. The van der Waals surface area contributed by atoms with E-state index in [0.29, 0.717) is 17.5 Å². The Balaban J connectivity index is 1.24. The minimum Gasteiger partial charge on any atom is -0.208 e. The molecule has 5 aromatic carbocycles. The summed E-state index contributed by atoms with van der Waals surface area (Å²) in [5.74, 6) is 1.90. The normalized spacial score (nSPS) is 14.5. The Morgan fingerprint density at radius 2 is 1.26 bits per heavy atom. The summed E-state index contributed by atoms with van der Waals surface area (Å²) in [6, 6.07) is 51.5. The Morgan fingerprint density at radius 1 is 0.679 bits per heavy atom. The van der Waals surface area contributed by atoms with Crippen LogP contribution in [-0.4, -0.2) is 15.0 Å². The van der Waals surface area contributed by atoms with Gasteiger partial charge in [0.25, 0.3) is 0 Å². The maximum absolute atomic E-state index is 5.27. The molecule has 2 heterocycles. The predicted molar refractivity (Wildman–Crippen MR) is 221 cm³/mol. The molecule has 53 heavy (non-hydrogen) atoms. The minimum absolute atomic E-state index is 0.588. The van der Waals surface area contributed by atoms with E-state index < -0.39 is 5.41 Å². The number of aryl methyl sites for hydroxylation is 1. The van der Waals surface area contributed by atoms with E-state index in [1.165, 1.54) is 37.6 Å². The lowest BCUT2D eigenvalue weighted by Gasteiger charge is -2.34. The van der Waals surface area contributed by atoms with Crippen molar-refractivity contribution in [1.29, 1.82) is 0 Å². The molecule has 0 unspecified atom stereocenters. The first kappa shape index (κ1) is 32.7.